The fourth-order valence-corrected chi connectivity index (χ4v) is 3.97. The lowest BCUT2D eigenvalue weighted by atomic mass is 9.88. The number of amides is 4. The van der Waals surface area contributed by atoms with E-state index in [1.807, 2.05) is 73.7 Å². The molecular formula is C24H23N3O3. The van der Waals surface area contributed by atoms with Crippen LogP contribution in [0.3, 0.4) is 0 Å². The molecule has 152 valence electrons. The van der Waals surface area contributed by atoms with Crippen LogP contribution in [0.2, 0.25) is 0 Å². The molecule has 6 heteroatoms. The first-order valence-electron chi connectivity index (χ1n) is 9.94. The Morgan fingerprint density at radius 2 is 1.70 bits per heavy atom. The van der Waals surface area contributed by atoms with E-state index in [0.717, 1.165) is 27.7 Å². The summed E-state index contributed by atoms with van der Waals surface area (Å²) in [7, 11) is 0. The molecule has 4 rings (SSSR count). The summed E-state index contributed by atoms with van der Waals surface area (Å²) in [6.45, 7) is 3.33. The van der Waals surface area contributed by atoms with Crippen LogP contribution < -0.4 is 10.6 Å². The normalized spacial score (nSPS) is 18.5. The molecule has 0 unspecified atom stereocenters. The van der Waals surface area contributed by atoms with E-state index in [2.05, 4.69) is 10.6 Å². The fraction of sp³-hybridized carbons (Fsp3) is 0.208. The van der Waals surface area contributed by atoms with Crippen LogP contribution in [-0.4, -0.2) is 29.3 Å². The average Bonchev–Trinajstić information content (AvgIpc) is 2.97. The lowest BCUT2D eigenvalue weighted by Crippen LogP contribution is -2.42. The van der Waals surface area contributed by atoms with Gasteiger partial charge in [0, 0.05) is 5.69 Å². The highest BCUT2D eigenvalue weighted by atomic mass is 16.2. The van der Waals surface area contributed by atoms with Crippen LogP contribution in [0.1, 0.15) is 25.0 Å². The van der Waals surface area contributed by atoms with E-state index in [0.29, 0.717) is 11.3 Å². The Morgan fingerprint density at radius 1 is 1.00 bits per heavy atom. The van der Waals surface area contributed by atoms with E-state index in [4.69, 9.17) is 0 Å². The van der Waals surface area contributed by atoms with Crippen molar-refractivity contribution in [2.24, 2.45) is 0 Å². The third-order valence-electron chi connectivity index (χ3n) is 5.58. The number of nitrogens with one attached hydrogen (secondary N) is 2. The van der Waals surface area contributed by atoms with Gasteiger partial charge in [-0.05, 0) is 41.3 Å². The van der Waals surface area contributed by atoms with Gasteiger partial charge in [0.25, 0.3) is 5.91 Å². The highest BCUT2D eigenvalue weighted by molar-refractivity contribution is 6.11. The predicted molar refractivity (Wildman–Crippen MR) is 116 cm³/mol. The molecule has 0 aromatic heterocycles. The number of imide groups is 1. The first-order valence-corrected chi connectivity index (χ1v) is 9.94. The largest absolute Gasteiger partial charge is 0.325 e. The molecule has 0 saturated carbocycles. The van der Waals surface area contributed by atoms with Crippen LogP contribution in [0.5, 0.6) is 0 Å². The molecule has 30 heavy (non-hydrogen) atoms. The average molecular weight is 401 g/mol. The quantitative estimate of drug-likeness (QED) is 0.638. The zero-order valence-corrected chi connectivity index (χ0v) is 16.9. The van der Waals surface area contributed by atoms with E-state index >= 15 is 0 Å². The number of hydrogen-bond acceptors (Lipinski definition) is 3. The van der Waals surface area contributed by atoms with Crippen molar-refractivity contribution in [2.45, 2.75) is 25.8 Å². The Hall–Kier alpha value is -3.67. The number of carbonyl (C=O) groups is 3. The van der Waals surface area contributed by atoms with E-state index in [9.17, 15) is 14.4 Å². The molecule has 1 saturated heterocycles. The van der Waals surface area contributed by atoms with Crippen LogP contribution in [0.25, 0.3) is 10.8 Å². The van der Waals surface area contributed by atoms with Crippen molar-refractivity contribution in [1.82, 2.24) is 10.2 Å². The number of anilines is 1. The van der Waals surface area contributed by atoms with Gasteiger partial charge >= 0.3 is 6.03 Å². The second-order valence-electron chi connectivity index (χ2n) is 7.53. The molecule has 1 heterocycles. The molecule has 6 nitrogen and oxygen atoms in total. The van der Waals surface area contributed by atoms with Gasteiger partial charge in [0.2, 0.25) is 5.91 Å². The van der Waals surface area contributed by atoms with Crippen molar-refractivity contribution >= 4 is 34.3 Å². The molecule has 1 fully saturated rings. The smallest absolute Gasteiger partial charge is 0.324 e. The molecule has 0 bridgehead atoms. The molecule has 1 aliphatic rings. The minimum absolute atomic E-state index is 0.344. The molecule has 2 N–H and O–H groups in total. The van der Waals surface area contributed by atoms with Gasteiger partial charge in [-0.1, -0.05) is 67.6 Å². The minimum atomic E-state index is -1.24. The van der Waals surface area contributed by atoms with Gasteiger partial charge < -0.3 is 10.6 Å². The van der Waals surface area contributed by atoms with Crippen molar-refractivity contribution < 1.29 is 14.4 Å². The van der Waals surface area contributed by atoms with E-state index in [1.54, 1.807) is 6.92 Å². The number of nitrogens with zero attached hydrogens (tertiary/aromatic N) is 1. The van der Waals surface area contributed by atoms with Crippen LogP contribution in [-0.2, 0) is 21.5 Å². The number of para-hydroxylation sites is 1. The SMILES string of the molecule is CCc1ccccc1NC(=O)CN1C(=O)N[C@](C)(c2cccc3ccccc23)C1=O. The number of benzene rings is 3. The summed E-state index contributed by atoms with van der Waals surface area (Å²) >= 11 is 0. The minimum Gasteiger partial charge on any atom is -0.324 e. The molecule has 0 spiro atoms. The summed E-state index contributed by atoms with van der Waals surface area (Å²) in [4.78, 5) is 39.5. The molecule has 0 radical (unpaired) electrons. The molecule has 4 amide bonds. The van der Waals surface area contributed by atoms with Gasteiger partial charge in [0.15, 0.2) is 0 Å². The monoisotopic (exact) mass is 401 g/mol. The lowest BCUT2D eigenvalue weighted by Gasteiger charge is -2.24. The number of urea groups is 1. The molecule has 3 aromatic rings. The van der Waals surface area contributed by atoms with E-state index in [-0.39, 0.29) is 6.54 Å². The molecule has 0 aliphatic carbocycles. The number of fused-ring (bicyclic) bond motifs is 1. The molecule has 3 aromatic carbocycles. The van der Waals surface area contributed by atoms with Crippen molar-refractivity contribution in [3.8, 4) is 0 Å². The number of hydrogen-bond donors (Lipinski definition) is 2. The third-order valence-corrected chi connectivity index (χ3v) is 5.58. The summed E-state index contributed by atoms with van der Waals surface area (Å²) in [5, 5.41) is 7.47. The Labute approximate surface area is 174 Å². The number of rotatable bonds is 5. The zero-order valence-electron chi connectivity index (χ0n) is 16.9. The second kappa shape index (κ2) is 7.63. The van der Waals surface area contributed by atoms with Gasteiger partial charge in [-0.25, -0.2) is 4.79 Å². The third kappa shape index (κ3) is 3.30. The highest BCUT2D eigenvalue weighted by Gasteiger charge is 2.50. The van der Waals surface area contributed by atoms with Crippen LogP contribution in [0.4, 0.5) is 10.5 Å². The highest BCUT2D eigenvalue weighted by Crippen LogP contribution is 2.33. The van der Waals surface area contributed by atoms with Crippen LogP contribution in [0, 0.1) is 0 Å². The van der Waals surface area contributed by atoms with Crippen molar-refractivity contribution in [2.75, 3.05) is 11.9 Å². The van der Waals surface area contributed by atoms with Crippen LogP contribution in [0.15, 0.2) is 66.7 Å². The van der Waals surface area contributed by atoms with Gasteiger partial charge in [0.05, 0.1) is 0 Å². The maximum Gasteiger partial charge on any atom is 0.325 e. The van der Waals surface area contributed by atoms with E-state index in [1.165, 1.54) is 0 Å². The number of carbonyl (C=O) groups excluding carboxylic acids is 3. The maximum atomic E-state index is 13.3. The standard InChI is InChI=1S/C24H23N3O3/c1-3-16-9-5-7-14-20(16)25-21(28)15-27-22(29)24(2,26-23(27)30)19-13-8-11-17-10-4-6-12-18(17)19/h4-14H,3,15H2,1-2H3,(H,25,28)(H,26,30)/t24-/m1/s1. The van der Waals surface area contributed by atoms with Gasteiger partial charge in [-0.3, -0.25) is 14.5 Å². The predicted octanol–water partition coefficient (Wildman–Crippen LogP) is 3.81. The van der Waals surface area contributed by atoms with E-state index < -0.39 is 23.4 Å². The number of aryl methyl sites for hydroxylation is 1. The summed E-state index contributed by atoms with van der Waals surface area (Å²) < 4.78 is 0. The summed E-state index contributed by atoms with van der Waals surface area (Å²) in [6, 6.07) is 20.3. The zero-order chi connectivity index (χ0) is 21.3. The fourth-order valence-electron chi connectivity index (χ4n) is 3.97. The van der Waals surface area contributed by atoms with Gasteiger partial charge in [-0.15, -0.1) is 0 Å². The van der Waals surface area contributed by atoms with Crippen molar-refractivity contribution in [3.63, 3.8) is 0 Å². The van der Waals surface area contributed by atoms with Gasteiger partial charge in [0.1, 0.15) is 12.1 Å². The van der Waals surface area contributed by atoms with Crippen molar-refractivity contribution in [3.05, 3.63) is 77.9 Å². The lowest BCUT2D eigenvalue weighted by molar-refractivity contribution is -0.133. The first-order chi connectivity index (χ1) is 14.4. The van der Waals surface area contributed by atoms with Crippen LogP contribution >= 0.6 is 0 Å². The second-order valence-corrected chi connectivity index (χ2v) is 7.53. The molecule has 1 aliphatic heterocycles. The Kier molecular flexibility index (Phi) is 4.99. The topological polar surface area (TPSA) is 78.5 Å². The maximum absolute atomic E-state index is 13.3. The molecule has 1 atom stereocenters. The summed E-state index contributed by atoms with van der Waals surface area (Å²) in [5.74, 6) is -0.857. The Balaban J connectivity index is 1.59. The summed E-state index contributed by atoms with van der Waals surface area (Å²) in [5.41, 5.74) is 1.15. The molecular weight excluding hydrogens is 378 g/mol. The first kappa shape index (κ1) is 19.6. The van der Waals surface area contributed by atoms with Crippen molar-refractivity contribution in [1.29, 1.82) is 0 Å². The Bertz CT molecular complexity index is 1150. The van der Waals surface area contributed by atoms with Gasteiger partial charge in [-0.2, -0.15) is 0 Å². The Morgan fingerprint density at radius 3 is 2.50 bits per heavy atom. The summed E-state index contributed by atoms with van der Waals surface area (Å²) in [6.07, 6.45) is 0.763.